The van der Waals surface area contributed by atoms with Crippen LogP contribution in [0.3, 0.4) is 0 Å². The molecule has 2 rings (SSSR count). The molecule has 2 aromatic carbocycles. The molecule has 0 radical (unpaired) electrons. The summed E-state index contributed by atoms with van der Waals surface area (Å²) >= 11 is 5.77. The van der Waals surface area contributed by atoms with Gasteiger partial charge in [-0.25, -0.2) is 8.42 Å². The van der Waals surface area contributed by atoms with Gasteiger partial charge in [0.25, 0.3) is 15.9 Å². The summed E-state index contributed by atoms with van der Waals surface area (Å²) in [5.74, 6) is 0.142. The van der Waals surface area contributed by atoms with Gasteiger partial charge in [-0.2, -0.15) is 0 Å². The zero-order valence-corrected chi connectivity index (χ0v) is 15.2. The van der Waals surface area contributed by atoms with Crippen molar-refractivity contribution >= 4 is 33.2 Å². The molecule has 9 heteroatoms. The van der Waals surface area contributed by atoms with Crippen LogP contribution in [0, 0.1) is 0 Å². The molecule has 0 bridgehead atoms. The number of anilines is 1. The highest BCUT2D eigenvalue weighted by molar-refractivity contribution is 7.89. The Morgan fingerprint density at radius 1 is 1.12 bits per heavy atom. The van der Waals surface area contributed by atoms with Crippen molar-refractivity contribution in [2.24, 2.45) is 0 Å². The monoisotopic (exact) mass is 384 g/mol. The van der Waals surface area contributed by atoms with Gasteiger partial charge in [0, 0.05) is 17.8 Å². The molecule has 0 aliphatic heterocycles. The maximum Gasteiger partial charge on any atom is 0.264 e. The number of benzene rings is 2. The molecule has 7 nitrogen and oxygen atoms in total. The molecule has 2 aromatic rings. The minimum Gasteiger partial charge on any atom is -0.484 e. The van der Waals surface area contributed by atoms with Gasteiger partial charge in [0.05, 0.1) is 12.0 Å². The van der Waals surface area contributed by atoms with E-state index in [0.717, 1.165) is 4.47 Å². The number of carbonyl (C=O) groups is 1. The fourth-order valence-electron chi connectivity index (χ4n) is 1.83. The molecule has 1 N–H and O–H groups in total. The van der Waals surface area contributed by atoms with Crippen molar-refractivity contribution in [2.75, 3.05) is 26.1 Å². The van der Waals surface area contributed by atoms with Gasteiger partial charge in [-0.1, -0.05) is 16.1 Å². The Balaban J connectivity index is 1.94. The predicted molar refractivity (Wildman–Crippen MR) is 94.0 cm³/mol. The van der Waals surface area contributed by atoms with E-state index >= 15 is 0 Å². The zero-order chi connectivity index (χ0) is 18.4. The molecule has 0 aromatic heterocycles. The summed E-state index contributed by atoms with van der Waals surface area (Å²) < 4.78 is 30.2. The summed E-state index contributed by atoms with van der Waals surface area (Å²) in [6, 6.07) is 12.3. The average Bonchev–Trinajstić information content (AvgIpc) is 2.61. The first kappa shape index (κ1) is 19.2. The SMILES string of the molecule is CON(C)S(=O)(=O)c1ccc(NC(=O)COc2ccc(Cl)cc2)cc1. The number of rotatable bonds is 7. The second-order valence-electron chi connectivity index (χ2n) is 4.91. The summed E-state index contributed by atoms with van der Waals surface area (Å²) in [5, 5.41) is 3.19. The Morgan fingerprint density at radius 2 is 1.72 bits per heavy atom. The van der Waals surface area contributed by atoms with E-state index in [2.05, 4.69) is 5.32 Å². The lowest BCUT2D eigenvalue weighted by molar-refractivity contribution is -0.118. The minimum atomic E-state index is -3.72. The fraction of sp³-hybridized carbons (Fsp3) is 0.188. The number of hydroxylamine groups is 1. The van der Waals surface area contributed by atoms with Crippen molar-refractivity contribution in [1.29, 1.82) is 0 Å². The highest BCUT2D eigenvalue weighted by atomic mass is 35.5. The number of amides is 1. The number of nitrogens with zero attached hydrogens (tertiary/aromatic N) is 1. The minimum absolute atomic E-state index is 0.0484. The van der Waals surface area contributed by atoms with Gasteiger partial charge in [0.1, 0.15) is 5.75 Å². The summed E-state index contributed by atoms with van der Waals surface area (Å²) in [6.07, 6.45) is 0. The van der Waals surface area contributed by atoms with E-state index in [1.54, 1.807) is 24.3 Å². The van der Waals surface area contributed by atoms with Crippen LogP contribution in [0.25, 0.3) is 0 Å². The summed E-state index contributed by atoms with van der Waals surface area (Å²) in [6.45, 7) is -0.186. The lowest BCUT2D eigenvalue weighted by Crippen LogP contribution is -2.25. The van der Waals surface area contributed by atoms with Crippen LogP contribution in [0.2, 0.25) is 5.02 Å². The van der Waals surface area contributed by atoms with Gasteiger partial charge in [-0.3, -0.25) is 9.63 Å². The van der Waals surface area contributed by atoms with E-state index in [0.29, 0.717) is 16.5 Å². The molecule has 1 amide bonds. The first-order chi connectivity index (χ1) is 11.8. The summed E-state index contributed by atoms with van der Waals surface area (Å²) in [5.41, 5.74) is 0.448. The van der Waals surface area contributed by atoms with Crippen molar-refractivity contribution < 1.29 is 22.8 Å². The molecule has 0 atom stereocenters. The fourth-order valence-corrected chi connectivity index (χ4v) is 2.93. The number of hydrogen-bond donors (Lipinski definition) is 1. The van der Waals surface area contributed by atoms with Crippen LogP contribution in [0.5, 0.6) is 5.75 Å². The Labute approximate surface area is 151 Å². The number of sulfonamides is 1. The number of carbonyl (C=O) groups excluding carboxylic acids is 1. The highest BCUT2D eigenvalue weighted by Crippen LogP contribution is 2.18. The summed E-state index contributed by atoms with van der Waals surface area (Å²) in [4.78, 5) is 16.6. The van der Waals surface area contributed by atoms with Gasteiger partial charge < -0.3 is 10.1 Å². The largest absolute Gasteiger partial charge is 0.484 e. The first-order valence-corrected chi connectivity index (χ1v) is 8.96. The van der Waals surface area contributed by atoms with Crippen LogP contribution >= 0.6 is 11.6 Å². The number of ether oxygens (including phenoxy) is 1. The molecule has 0 aliphatic carbocycles. The van der Waals surface area contributed by atoms with Crippen molar-refractivity contribution in [3.8, 4) is 5.75 Å². The molecule has 0 fully saturated rings. The van der Waals surface area contributed by atoms with Gasteiger partial charge in [0.2, 0.25) is 0 Å². The molecule has 25 heavy (non-hydrogen) atoms. The molecular formula is C16H17ClN2O5S. The second kappa shape index (κ2) is 8.30. The quantitative estimate of drug-likeness (QED) is 0.741. The Hall–Kier alpha value is -2.13. The molecule has 0 saturated heterocycles. The predicted octanol–water partition coefficient (Wildman–Crippen LogP) is 2.54. The van der Waals surface area contributed by atoms with Crippen LogP contribution in [0.4, 0.5) is 5.69 Å². The molecule has 0 heterocycles. The van der Waals surface area contributed by atoms with E-state index in [1.165, 1.54) is 38.4 Å². The molecule has 0 spiro atoms. The molecule has 0 saturated carbocycles. The molecular weight excluding hydrogens is 368 g/mol. The Morgan fingerprint density at radius 3 is 2.28 bits per heavy atom. The lowest BCUT2D eigenvalue weighted by atomic mass is 10.3. The van der Waals surface area contributed by atoms with Crippen LogP contribution in [-0.2, 0) is 19.7 Å². The van der Waals surface area contributed by atoms with Crippen molar-refractivity contribution in [1.82, 2.24) is 4.47 Å². The third-order valence-corrected chi connectivity index (χ3v) is 5.16. The van der Waals surface area contributed by atoms with E-state index in [-0.39, 0.29) is 17.4 Å². The van der Waals surface area contributed by atoms with Crippen LogP contribution < -0.4 is 10.1 Å². The van der Waals surface area contributed by atoms with E-state index in [4.69, 9.17) is 21.2 Å². The summed E-state index contributed by atoms with van der Waals surface area (Å²) in [7, 11) is -1.17. The van der Waals surface area contributed by atoms with Crippen molar-refractivity contribution in [3.05, 3.63) is 53.6 Å². The van der Waals surface area contributed by atoms with Crippen molar-refractivity contribution in [2.45, 2.75) is 4.90 Å². The van der Waals surface area contributed by atoms with Gasteiger partial charge >= 0.3 is 0 Å². The second-order valence-corrected chi connectivity index (χ2v) is 7.28. The normalized spacial score (nSPS) is 11.4. The van der Waals surface area contributed by atoms with Gasteiger partial charge in [-0.15, -0.1) is 0 Å². The Kier molecular flexibility index (Phi) is 6.38. The van der Waals surface area contributed by atoms with Gasteiger partial charge in [0.15, 0.2) is 6.61 Å². The molecule has 0 unspecified atom stereocenters. The first-order valence-electron chi connectivity index (χ1n) is 7.14. The van der Waals surface area contributed by atoms with Crippen LogP contribution in [0.15, 0.2) is 53.4 Å². The molecule has 134 valence electrons. The highest BCUT2D eigenvalue weighted by Gasteiger charge is 2.20. The average molecular weight is 385 g/mol. The smallest absolute Gasteiger partial charge is 0.264 e. The van der Waals surface area contributed by atoms with Crippen LogP contribution in [-0.4, -0.2) is 39.6 Å². The lowest BCUT2D eigenvalue weighted by Gasteiger charge is -2.14. The molecule has 0 aliphatic rings. The number of nitrogens with one attached hydrogen (secondary N) is 1. The van der Waals surface area contributed by atoms with Gasteiger partial charge in [-0.05, 0) is 48.5 Å². The standard InChI is InChI=1S/C16H17ClN2O5S/c1-19(23-2)25(21,22)15-9-5-13(6-10-15)18-16(20)11-24-14-7-3-12(17)4-8-14/h3-10H,11H2,1-2H3,(H,18,20). The third-order valence-electron chi connectivity index (χ3n) is 3.22. The maximum absolute atomic E-state index is 12.1. The Bertz CT molecular complexity index is 823. The van der Waals surface area contributed by atoms with Crippen LogP contribution in [0.1, 0.15) is 0 Å². The van der Waals surface area contributed by atoms with E-state index < -0.39 is 10.0 Å². The number of halogens is 1. The van der Waals surface area contributed by atoms with Crippen molar-refractivity contribution in [3.63, 3.8) is 0 Å². The topological polar surface area (TPSA) is 84.9 Å². The van der Waals surface area contributed by atoms with E-state index in [1.807, 2.05) is 0 Å². The maximum atomic E-state index is 12.1. The third kappa shape index (κ3) is 5.17. The van der Waals surface area contributed by atoms with E-state index in [9.17, 15) is 13.2 Å². The number of hydrogen-bond acceptors (Lipinski definition) is 5. The zero-order valence-electron chi connectivity index (χ0n) is 13.6.